The van der Waals surface area contributed by atoms with Gasteiger partial charge in [-0.1, -0.05) is 32.1 Å². The Morgan fingerprint density at radius 2 is 2.37 bits per heavy atom. The summed E-state index contributed by atoms with van der Waals surface area (Å²) in [6.07, 6.45) is 1.18. The molecule has 2 heterocycles. The minimum Gasteiger partial charge on any atom is -0.477 e. The topological polar surface area (TPSA) is 62.7 Å². The first-order chi connectivity index (χ1) is 9.02. The fourth-order valence-corrected chi connectivity index (χ4v) is 3.23. The molecule has 1 aromatic heterocycles. The lowest BCUT2D eigenvalue weighted by molar-refractivity contribution is 0.0384. The van der Waals surface area contributed by atoms with Crippen LogP contribution in [0, 0.1) is 0 Å². The highest BCUT2D eigenvalue weighted by atomic mass is 32.1. The van der Waals surface area contributed by atoms with Crippen molar-refractivity contribution in [1.29, 1.82) is 0 Å². The molecule has 0 amide bonds. The summed E-state index contributed by atoms with van der Waals surface area (Å²) < 4.78 is 5.63. The Morgan fingerprint density at radius 3 is 2.89 bits per heavy atom. The van der Waals surface area contributed by atoms with Crippen molar-refractivity contribution in [2.45, 2.75) is 39.2 Å². The second-order valence-electron chi connectivity index (χ2n) is 5.02. The average Bonchev–Trinajstić information content (AvgIpc) is 2.84. The van der Waals surface area contributed by atoms with Crippen molar-refractivity contribution >= 4 is 22.4 Å². The second-order valence-corrected chi connectivity index (χ2v) is 6.00. The van der Waals surface area contributed by atoms with Crippen LogP contribution >= 0.6 is 11.3 Å². The third kappa shape index (κ3) is 3.06. The van der Waals surface area contributed by atoms with Crippen LogP contribution in [0.25, 0.3) is 0 Å². The molecule has 0 aliphatic carbocycles. The standard InChI is InChI=1S/C13H20N2O3S/c1-4-9-7-15(5-6-18-9)13-14-10(8(2)3)11(19-13)12(16)17/h8-9H,4-7H2,1-3H3,(H,16,17). The Bertz CT molecular complexity index is 459. The maximum atomic E-state index is 11.3. The van der Waals surface area contributed by atoms with Crippen LogP contribution < -0.4 is 4.90 Å². The van der Waals surface area contributed by atoms with E-state index in [1.54, 1.807) is 0 Å². The van der Waals surface area contributed by atoms with E-state index in [2.05, 4.69) is 16.8 Å². The van der Waals surface area contributed by atoms with Crippen LogP contribution in [0.5, 0.6) is 0 Å². The number of nitrogens with zero attached hydrogens (tertiary/aromatic N) is 2. The number of rotatable bonds is 4. The van der Waals surface area contributed by atoms with Crippen molar-refractivity contribution in [2.75, 3.05) is 24.6 Å². The van der Waals surface area contributed by atoms with Crippen LogP contribution in [0.4, 0.5) is 5.13 Å². The number of carbonyl (C=O) groups is 1. The van der Waals surface area contributed by atoms with Crippen molar-refractivity contribution in [1.82, 2.24) is 4.98 Å². The molecule has 1 saturated heterocycles. The molecule has 6 heteroatoms. The fourth-order valence-electron chi connectivity index (χ4n) is 2.14. The highest BCUT2D eigenvalue weighted by molar-refractivity contribution is 7.17. The van der Waals surface area contributed by atoms with Gasteiger partial charge in [0.15, 0.2) is 5.13 Å². The number of ether oxygens (including phenoxy) is 1. The fraction of sp³-hybridized carbons (Fsp3) is 0.692. The molecule has 1 N–H and O–H groups in total. The van der Waals surface area contributed by atoms with E-state index in [1.807, 2.05) is 13.8 Å². The van der Waals surface area contributed by atoms with Gasteiger partial charge in [0.2, 0.25) is 0 Å². The summed E-state index contributed by atoms with van der Waals surface area (Å²) >= 11 is 1.27. The van der Waals surface area contributed by atoms with Crippen LogP contribution in [-0.2, 0) is 4.74 Å². The first-order valence-corrected chi connectivity index (χ1v) is 7.45. The monoisotopic (exact) mass is 284 g/mol. The summed E-state index contributed by atoms with van der Waals surface area (Å²) in [5, 5.41) is 10.1. The molecule has 0 saturated carbocycles. The minimum atomic E-state index is -0.882. The summed E-state index contributed by atoms with van der Waals surface area (Å²) in [6, 6.07) is 0. The van der Waals surface area contributed by atoms with Gasteiger partial charge in [-0.3, -0.25) is 0 Å². The van der Waals surface area contributed by atoms with Crippen LogP contribution in [0.15, 0.2) is 0 Å². The summed E-state index contributed by atoms with van der Waals surface area (Å²) in [4.78, 5) is 18.3. The van der Waals surface area contributed by atoms with E-state index in [9.17, 15) is 9.90 Å². The SMILES string of the molecule is CCC1CN(c2nc(C(C)C)c(C(=O)O)s2)CCO1. The number of aromatic carboxylic acids is 1. The molecule has 1 atom stereocenters. The molecule has 0 bridgehead atoms. The number of hydrogen-bond donors (Lipinski definition) is 1. The molecule has 106 valence electrons. The minimum absolute atomic E-state index is 0.124. The summed E-state index contributed by atoms with van der Waals surface area (Å²) in [5.41, 5.74) is 0.687. The van der Waals surface area contributed by atoms with Crippen molar-refractivity contribution in [3.63, 3.8) is 0 Å². The maximum Gasteiger partial charge on any atom is 0.347 e. The number of carboxylic acids is 1. The molecule has 1 aliphatic heterocycles. The second kappa shape index (κ2) is 5.88. The lowest BCUT2D eigenvalue weighted by Crippen LogP contribution is -2.42. The average molecular weight is 284 g/mol. The first-order valence-electron chi connectivity index (χ1n) is 6.63. The Labute approximate surface area is 117 Å². The molecular weight excluding hydrogens is 264 g/mol. The van der Waals surface area contributed by atoms with Crippen molar-refractivity contribution in [3.05, 3.63) is 10.6 Å². The smallest absolute Gasteiger partial charge is 0.347 e. The summed E-state index contributed by atoms with van der Waals surface area (Å²) in [7, 11) is 0. The molecule has 0 radical (unpaired) electrons. The zero-order chi connectivity index (χ0) is 14.0. The van der Waals surface area contributed by atoms with Gasteiger partial charge in [0.25, 0.3) is 0 Å². The number of morpholine rings is 1. The van der Waals surface area contributed by atoms with Gasteiger partial charge in [-0.25, -0.2) is 9.78 Å². The normalized spacial score (nSPS) is 20.0. The number of hydrogen-bond acceptors (Lipinski definition) is 5. The van der Waals surface area contributed by atoms with E-state index < -0.39 is 5.97 Å². The van der Waals surface area contributed by atoms with E-state index in [0.29, 0.717) is 17.2 Å². The highest BCUT2D eigenvalue weighted by Crippen LogP contribution is 2.31. The quantitative estimate of drug-likeness (QED) is 0.920. The largest absolute Gasteiger partial charge is 0.477 e. The molecule has 0 aromatic carbocycles. The number of carboxylic acid groups (broad SMARTS) is 1. The van der Waals surface area contributed by atoms with Gasteiger partial charge in [-0.15, -0.1) is 0 Å². The van der Waals surface area contributed by atoms with Gasteiger partial charge in [-0.2, -0.15) is 0 Å². The van der Waals surface area contributed by atoms with Gasteiger partial charge in [0.05, 0.1) is 18.4 Å². The Balaban J connectivity index is 2.25. The lowest BCUT2D eigenvalue weighted by atomic mass is 10.1. The third-order valence-corrected chi connectivity index (χ3v) is 4.37. The molecule has 19 heavy (non-hydrogen) atoms. The molecule has 5 nitrogen and oxygen atoms in total. The number of aromatic nitrogens is 1. The van der Waals surface area contributed by atoms with Crippen molar-refractivity contribution in [3.8, 4) is 0 Å². The Hall–Kier alpha value is -1.14. The van der Waals surface area contributed by atoms with Gasteiger partial charge >= 0.3 is 5.97 Å². The molecular formula is C13H20N2O3S. The lowest BCUT2D eigenvalue weighted by Gasteiger charge is -2.32. The van der Waals surface area contributed by atoms with E-state index >= 15 is 0 Å². The van der Waals surface area contributed by atoms with Crippen LogP contribution in [0.3, 0.4) is 0 Å². The third-order valence-electron chi connectivity index (χ3n) is 3.25. The summed E-state index contributed by atoms with van der Waals surface area (Å²) in [5.74, 6) is -0.758. The highest BCUT2D eigenvalue weighted by Gasteiger charge is 2.25. The maximum absolute atomic E-state index is 11.3. The van der Waals surface area contributed by atoms with Crippen LogP contribution in [-0.4, -0.2) is 41.9 Å². The van der Waals surface area contributed by atoms with Gasteiger partial charge in [0, 0.05) is 13.1 Å². The van der Waals surface area contributed by atoms with Gasteiger partial charge < -0.3 is 14.7 Å². The van der Waals surface area contributed by atoms with Gasteiger partial charge in [0.1, 0.15) is 4.88 Å². The predicted octanol–water partition coefficient (Wildman–Crippen LogP) is 2.58. The molecule has 0 spiro atoms. The molecule has 2 rings (SSSR count). The molecule has 1 aromatic rings. The number of anilines is 1. The van der Waals surface area contributed by atoms with Gasteiger partial charge in [-0.05, 0) is 12.3 Å². The van der Waals surface area contributed by atoms with E-state index in [4.69, 9.17) is 4.74 Å². The van der Waals surface area contributed by atoms with Crippen LogP contribution in [0.1, 0.15) is 48.5 Å². The van der Waals surface area contributed by atoms with Crippen LogP contribution in [0.2, 0.25) is 0 Å². The van der Waals surface area contributed by atoms with E-state index in [-0.39, 0.29) is 12.0 Å². The Morgan fingerprint density at radius 1 is 1.63 bits per heavy atom. The number of thiazole rings is 1. The van der Waals surface area contributed by atoms with E-state index in [0.717, 1.165) is 24.6 Å². The molecule has 1 fully saturated rings. The zero-order valence-electron chi connectivity index (χ0n) is 11.5. The predicted molar refractivity (Wildman–Crippen MR) is 75.4 cm³/mol. The Kier molecular flexibility index (Phi) is 4.42. The molecule has 1 unspecified atom stereocenters. The summed E-state index contributed by atoms with van der Waals surface area (Å²) in [6.45, 7) is 8.29. The van der Waals surface area contributed by atoms with Crippen molar-refractivity contribution in [2.24, 2.45) is 0 Å². The first kappa shape index (κ1) is 14.3. The van der Waals surface area contributed by atoms with Crippen molar-refractivity contribution < 1.29 is 14.6 Å². The molecule has 1 aliphatic rings. The zero-order valence-corrected chi connectivity index (χ0v) is 12.4. The van der Waals surface area contributed by atoms with E-state index in [1.165, 1.54) is 11.3 Å².